The molecule has 0 amide bonds. The van der Waals surface area contributed by atoms with E-state index in [1.807, 2.05) is 6.92 Å². The molecule has 6 heteroatoms. The van der Waals surface area contributed by atoms with Crippen LogP contribution in [0.25, 0.3) is 0 Å². The van der Waals surface area contributed by atoms with E-state index in [1.165, 1.54) is 13.0 Å². The van der Waals surface area contributed by atoms with Gasteiger partial charge in [0.25, 0.3) is 0 Å². The third-order valence-electron chi connectivity index (χ3n) is 3.05. The Morgan fingerprint density at radius 2 is 1.82 bits per heavy atom. The SMILES string of the molecule is C=C(C)C(=O)Oc1ccc(C(=O)O)c(C(=O)O)c1CCCC. The van der Waals surface area contributed by atoms with Crippen LogP contribution in [0.5, 0.6) is 5.75 Å². The van der Waals surface area contributed by atoms with Crippen molar-refractivity contribution in [2.75, 3.05) is 0 Å². The fraction of sp³-hybridized carbons (Fsp3) is 0.312. The summed E-state index contributed by atoms with van der Waals surface area (Å²) >= 11 is 0. The van der Waals surface area contributed by atoms with Crippen molar-refractivity contribution in [3.63, 3.8) is 0 Å². The van der Waals surface area contributed by atoms with Gasteiger partial charge in [-0.25, -0.2) is 14.4 Å². The van der Waals surface area contributed by atoms with Crippen LogP contribution in [0.2, 0.25) is 0 Å². The van der Waals surface area contributed by atoms with Crippen LogP contribution in [0.1, 0.15) is 53.0 Å². The second kappa shape index (κ2) is 7.40. The number of esters is 1. The van der Waals surface area contributed by atoms with Crippen LogP contribution in [0.4, 0.5) is 0 Å². The van der Waals surface area contributed by atoms with Crippen LogP contribution in [0.3, 0.4) is 0 Å². The summed E-state index contributed by atoms with van der Waals surface area (Å²) in [7, 11) is 0. The van der Waals surface area contributed by atoms with Gasteiger partial charge >= 0.3 is 17.9 Å². The lowest BCUT2D eigenvalue weighted by Crippen LogP contribution is -2.16. The number of hydrogen-bond donors (Lipinski definition) is 2. The van der Waals surface area contributed by atoms with E-state index < -0.39 is 17.9 Å². The van der Waals surface area contributed by atoms with Gasteiger partial charge in [0, 0.05) is 11.1 Å². The molecule has 0 heterocycles. The maximum absolute atomic E-state index is 11.7. The molecule has 1 aromatic carbocycles. The predicted molar refractivity (Wildman–Crippen MR) is 79.4 cm³/mol. The first kappa shape index (κ1) is 17.4. The van der Waals surface area contributed by atoms with Crippen molar-refractivity contribution >= 4 is 17.9 Å². The monoisotopic (exact) mass is 306 g/mol. The van der Waals surface area contributed by atoms with Gasteiger partial charge in [0.2, 0.25) is 0 Å². The average Bonchev–Trinajstić information content (AvgIpc) is 2.44. The average molecular weight is 306 g/mol. The van der Waals surface area contributed by atoms with E-state index in [2.05, 4.69) is 6.58 Å². The zero-order chi connectivity index (χ0) is 16.9. The molecule has 0 fully saturated rings. The molecular weight excluding hydrogens is 288 g/mol. The minimum Gasteiger partial charge on any atom is -0.478 e. The van der Waals surface area contributed by atoms with E-state index in [9.17, 15) is 19.5 Å². The molecule has 2 N–H and O–H groups in total. The molecule has 0 aliphatic heterocycles. The summed E-state index contributed by atoms with van der Waals surface area (Å²) in [4.78, 5) is 34.3. The van der Waals surface area contributed by atoms with E-state index in [4.69, 9.17) is 9.84 Å². The fourth-order valence-electron chi connectivity index (χ4n) is 1.94. The molecule has 1 aromatic rings. The Balaban J connectivity index is 3.46. The Labute approximate surface area is 128 Å². The van der Waals surface area contributed by atoms with Crippen molar-refractivity contribution < 1.29 is 29.3 Å². The largest absolute Gasteiger partial charge is 0.478 e. The van der Waals surface area contributed by atoms with Gasteiger partial charge in [-0.1, -0.05) is 19.9 Å². The van der Waals surface area contributed by atoms with E-state index >= 15 is 0 Å². The van der Waals surface area contributed by atoms with E-state index in [1.54, 1.807) is 0 Å². The quantitative estimate of drug-likeness (QED) is 0.456. The van der Waals surface area contributed by atoms with E-state index in [0.717, 1.165) is 12.5 Å². The number of carboxylic acid groups (broad SMARTS) is 2. The summed E-state index contributed by atoms with van der Waals surface area (Å²) < 4.78 is 5.13. The lowest BCUT2D eigenvalue weighted by Gasteiger charge is -2.14. The smallest absolute Gasteiger partial charge is 0.338 e. The first-order valence-electron chi connectivity index (χ1n) is 6.79. The number of rotatable bonds is 7. The van der Waals surface area contributed by atoms with Gasteiger partial charge in [0.1, 0.15) is 5.75 Å². The van der Waals surface area contributed by atoms with Crippen LogP contribution in [0.15, 0.2) is 24.3 Å². The van der Waals surface area contributed by atoms with Crippen molar-refractivity contribution in [2.24, 2.45) is 0 Å². The maximum atomic E-state index is 11.7. The maximum Gasteiger partial charge on any atom is 0.338 e. The van der Waals surface area contributed by atoms with Crippen LogP contribution < -0.4 is 4.74 Å². The van der Waals surface area contributed by atoms with Crippen molar-refractivity contribution in [3.05, 3.63) is 41.0 Å². The van der Waals surface area contributed by atoms with Gasteiger partial charge in [-0.15, -0.1) is 0 Å². The number of carboxylic acids is 2. The van der Waals surface area contributed by atoms with Crippen LogP contribution >= 0.6 is 0 Å². The molecule has 6 nitrogen and oxygen atoms in total. The van der Waals surface area contributed by atoms with Gasteiger partial charge in [-0.3, -0.25) is 0 Å². The Morgan fingerprint density at radius 1 is 1.18 bits per heavy atom. The van der Waals surface area contributed by atoms with Crippen LogP contribution in [-0.2, 0) is 11.2 Å². The number of benzene rings is 1. The third-order valence-corrected chi connectivity index (χ3v) is 3.05. The highest BCUT2D eigenvalue weighted by Crippen LogP contribution is 2.28. The third kappa shape index (κ3) is 3.94. The number of unbranched alkanes of at least 4 members (excludes halogenated alkanes) is 1. The first-order valence-corrected chi connectivity index (χ1v) is 6.79. The van der Waals surface area contributed by atoms with Gasteiger partial charge in [0.15, 0.2) is 0 Å². The summed E-state index contributed by atoms with van der Waals surface area (Å²) in [6, 6.07) is 2.43. The molecule has 0 aliphatic carbocycles. The predicted octanol–water partition coefficient (Wildman–Crippen LogP) is 2.91. The summed E-state index contributed by atoms with van der Waals surface area (Å²) in [5, 5.41) is 18.5. The molecule has 0 radical (unpaired) electrons. The molecule has 0 saturated heterocycles. The molecule has 22 heavy (non-hydrogen) atoms. The van der Waals surface area contributed by atoms with Crippen molar-refractivity contribution in [1.29, 1.82) is 0 Å². The zero-order valence-corrected chi connectivity index (χ0v) is 12.5. The summed E-state index contributed by atoms with van der Waals surface area (Å²) in [5.41, 5.74) is -0.286. The van der Waals surface area contributed by atoms with Gasteiger partial charge < -0.3 is 14.9 Å². The highest BCUT2D eigenvalue weighted by Gasteiger charge is 2.24. The van der Waals surface area contributed by atoms with E-state index in [0.29, 0.717) is 12.8 Å². The molecule has 1 rings (SSSR count). The molecule has 0 unspecified atom stereocenters. The van der Waals surface area contributed by atoms with Crippen LogP contribution in [-0.4, -0.2) is 28.1 Å². The zero-order valence-electron chi connectivity index (χ0n) is 12.5. The highest BCUT2D eigenvalue weighted by atomic mass is 16.5. The first-order chi connectivity index (χ1) is 10.3. The Bertz CT molecular complexity index is 630. The normalized spacial score (nSPS) is 10.1. The Hall–Kier alpha value is -2.63. The lowest BCUT2D eigenvalue weighted by molar-refractivity contribution is -0.130. The summed E-state index contributed by atoms with van der Waals surface area (Å²) in [6.45, 7) is 6.85. The number of ether oxygens (including phenoxy) is 1. The second-order valence-corrected chi connectivity index (χ2v) is 4.85. The molecule has 0 aromatic heterocycles. The molecule has 0 spiro atoms. The number of hydrogen-bond acceptors (Lipinski definition) is 4. The summed E-state index contributed by atoms with van der Waals surface area (Å²) in [5.74, 6) is -3.33. The molecule has 0 bridgehead atoms. The Morgan fingerprint density at radius 3 is 2.27 bits per heavy atom. The van der Waals surface area contributed by atoms with Crippen molar-refractivity contribution in [1.82, 2.24) is 0 Å². The second-order valence-electron chi connectivity index (χ2n) is 4.85. The molecular formula is C16H18O6. The minimum atomic E-state index is -1.36. The summed E-state index contributed by atoms with van der Waals surface area (Å²) in [6.07, 6.45) is 1.73. The molecule has 0 aliphatic rings. The number of carbonyl (C=O) groups is 3. The van der Waals surface area contributed by atoms with Gasteiger partial charge in [-0.05, 0) is 31.9 Å². The van der Waals surface area contributed by atoms with E-state index in [-0.39, 0.29) is 28.0 Å². The Kier molecular flexibility index (Phi) is 5.86. The highest BCUT2D eigenvalue weighted by molar-refractivity contribution is 6.03. The molecule has 118 valence electrons. The number of aromatic carboxylic acids is 2. The molecule has 0 atom stereocenters. The standard InChI is InChI=1S/C16H18O6/c1-4-5-6-10-12(22-16(21)9(2)3)8-7-11(14(17)18)13(10)15(19)20/h7-8H,2,4-6H2,1,3H3,(H,17,18)(H,19,20). The van der Waals surface area contributed by atoms with Gasteiger partial charge in [0.05, 0.1) is 11.1 Å². The number of carbonyl (C=O) groups excluding carboxylic acids is 1. The van der Waals surface area contributed by atoms with Crippen LogP contribution in [0, 0.1) is 0 Å². The minimum absolute atomic E-state index is 0.0591. The molecule has 0 saturated carbocycles. The van der Waals surface area contributed by atoms with Gasteiger partial charge in [-0.2, -0.15) is 0 Å². The fourth-order valence-corrected chi connectivity index (χ4v) is 1.94. The van der Waals surface area contributed by atoms with Crippen molar-refractivity contribution in [3.8, 4) is 5.75 Å². The van der Waals surface area contributed by atoms with Crippen molar-refractivity contribution in [2.45, 2.75) is 33.1 Å². The lowest BCUT2D eigenvalue weighted by atomic mass is 9.96. The topological polar surface area (TPSA) is 101 Å².